The molecule has 0 radical (unpaired) electrons. The molecule has 0 bridgehead atoms. The van der Waals surface area contributed by atoms with Crippen molar-refractivity contribution in [2.75, 3.05) is 66.9 Å². The third-order valence-electron chi connectivity index (χ3n) is 12.8. The fourth-order valence-corrected chi connectivity index (χ4v) is 8.16. The van der Waals surface area contributed by atoms with Crippen LogP contribution in [0.25, 0.3) is 0 Å². The summed E-state index contributed by atoms with van der Waals surface area (Å²) in [6.45, 7) is 13.2. The molecule has 0 fully saturated rings. The van der Waals surface area contributed by atoms with E-state index >= 15 is 0 Å². The Labute approximate surface area is 431 Å². The van der Waals surface area contributed by atoms with E-state index in [4.69, 9.17) is 37.9 Å². The molecule has 1 atom stereocenters. The lowest BCUT2D eigenvalue weighted by Crippen LogP contribution is -2.31. The van der Waals surface area contributed by atoms with Crippen LogP contribution >= 0.6 is 0 Å². The molecule has 0 amide bonds. The van der Waals surface area contributed by atoms with Gasteiger partial charge in [0.1, 0.15) is 6.61 Å². The van der Waals surface area contributed by atoms with Crippen LogP contribution in [0.1, 0.15) is 272 Å². The molecule has 0 aromatic rings. The van der Waals surface area contributed by atoms with E-state index in [1.54, 1.807) is 0 Å². The number of hydrogen-bond acceptors (Lipinski definition) is 12. The quantitative estimate of drug-likeness (QED) is 0.0249. The average Bonchev–Trinajstić information content (AvgIpc) is 3.34. The first-order valence-corrected chi connectivity index (χ1v) is 29.5. The number of rotatable bonds is 56. The molecule has 0 saturated heterocycles. The molecule has 0 saturated carbocycles. The number of esters is 2. The Balaban J connectivity index is 4.66. The molecule has 0 spiro atoms. The number of unbranched alkanes of at least 4 members (excludes halogenated alkanes) is 28. The van der Waals surface area contributed by atoms with Crippen LogP contribution in [0.2, 0.25) is 0 Å². The van der Waals surface area contributed by atoms with Crippen molar-refractivity contribution in [2.24, 2.45) is 0 Å². The minimum Gasteiger partial charge on any atom is -0.466 e. The molecular weight excluding hydrogens is 887 g/mol. The van der Waals surface area contributed by atoms with Gasteiger partial charge in [-0.3, -0.25) is 4.79 Å². The van der Waals surface area contributed by atoms with Gasteiger partial charge in [0.25, 0.3) is 0 Å². The number of ether oxygens (including phenoxy) is 8. The van der Waals surface area contributed by atoms with Crippen LogP contribution in [-0.2, 0) is 47.5 Å². The summed E-state index contributed by atoms with van der Waals surface area (Å²) in [4.78, 5) is 40.2. The Kier molecular flexibility index (Phi) is 53.2. The highest BCUT2D eigenvalue weighted by atomic mass is 16.7. The molecule has 0 aliphatic carbocycles. The van der Waals surface area contributed by atoms with Gasteiger partial charge in [0.2, 0.25) is 6.10 Å². The maximum absolute atomic E-state index is 13.1. The monoisotopic (exact) mass is 1000 g/mol. The summed E-state index contributed by atoms with van der Waals surface area (Å²) in [5, 5.41) is 0. The predicted molar refractivity (Wildman–Crippen MR) is 286 cm³/mol. The van der Waals surface area contributed by atoms with Crippen LogP contribution in [0.5, 0.6) is 0 Å². The van der Waals surface area contributed by atoms with Gasteiger partial charge in [0.05, 0.1) is 13.2 Å². The Morgan fingerprint density at radius 3 is 1.06 bits per heavy atom. The van der Waals surface area contributed by atoms with Crippen molar-refractivity contribution in [3.8, 4) is 0 Å². The lowest BCUT2D eigenvalue weighted by Gasteiger charge is -2.19. The second-order valence-electron chi connectivity index (χ2n) is 20.0. The fourth-order valence-electron chi connectivity index (χ4n) is 8.16. The van der Waals surface area contributed by atoms with Gasteiger partial charge in [0.15, 0.2) is 12.6 Å². The molecule has 12 nitrogen and oxygen atoms in total. The van der Waals surface area contributed by atoms with E-state index in [0.29, 0.717) is 19.6 Å². The number of likely N-dealkylation sites (N-methyl/N-ethyl adjacent to an activating group) is 1. The first-order chi connectivity index (χ1) is 34.3. The van der Waals surface area contributed by atoms with Gasteiger partial charge in [0, 0.05) is 45.8 Å². The van der Waals surface area contributed by atoms with Crippen molar-refractivity contribution < 1.29 is 52.3 Å². The largest absolute Gasteiger partial charge is 0.509 e. The van der Waals surface area contributed by atoms with E-state index in [1.807, 2.05) is 19.0 Å². The SMILES string of the molecule is CCCCCCCCOC(CCCCCCCOC(=O)CCC(OC(=O)OCCN(C)C)C(=O)OCCCCCCCC(OCCCCCCCC)OCCCCCCCC)OCCCCCCCC. The van der Waals surface area contributed by atoms with Gasteiger partial charge >= 0.3 is 18.1 Å². The summed E-state index contributed by atoms with van der Waals surface area (Å²) >= 11 is 0. The molecule has 0 aromatic heterocycles. The van der Waals surface area contributed by atoms with Crippen LogP contribution in [0, 0.1) is 0 Å². The standard InChI is InChI=1S/C58H113NO11/c1-7-11-15-19-27-36-47-64-55(65-48-37-28-20-16-12-8-2)41-33-25-23-31-35-46-63-54(60)44-43-53(70-58(62)69-52-45-59(5)6)57(61)68-51-40-32-24-26-34-42-56(66-49-38-29-21-17-13-9-3)67-50-39-30-22-18-14-10-4/h53,55-56H,7-52H2,1-6H3. The third-order valence-corrected chi connectivity index (χ3v) is 12.8. The highest BCUT2D eigenvalue weighted by Crippen LogP contribution is 2.17. The maximum Gasteiger partial charge on any atom is 0.509 e. The van der Waals surface area contributed by atoms with E-state index in [-0.39, 0.29) is 38.6 Å². The minimum absolute atomic E-state index is 0.0352. The molecule has 0 N–H and O–H groups in total. The van der Waals surface area contributed by atoms with Crippen LogP contribution in [0.4, 0.5) is 4.79 Å². The molecule has 0 heterocycles. The van der Waals surface area contributed by atoms with Gasteiger partial charge in [-0.2, -0.15) is 0 Å². The Hall–Kier alpha value is -1.99. The van der Waals surface area contributed by atoms with Crippen molar-refractivity contribution in [2.45, 2.75) is 290 Å². The molecule has 0 rings (SSSR count). The van der Waals surface area contributed by atoms with Gasteiger partial charge < -0.3 is 42.8 Å². The summed E-state index contributed by atoms with van der Waals surface area (Å²) in [5.74, 6) is -1.11. The molecule has 1 unspecified atom stereocenters. The fraction of sp³-hybridized carbons (Fsp3) is 0.948. The second-order valence-corrected chi connectivity index (χ2v) is 20.0. The number of nitrogens with zero attached hydrogens (tertiary/aromatic N) is 1. The minimum atomic E-state index is -1.25. The van der Waals surface area contributed by atoms with E-state index < -0.39 is 24.2 Å². The topological polar surface area (TPSA) is 128 Å². The summed E-state index contributed by atoms with van der Waals surface area (Å²) in [6, 6.07) is 0. The van der Waals surface area contributed by atoms with Crippen LogP contribution in [0.15, 0.2) is 0 Å². The summed E-state index contributed by atoms with van der Waals surface area (Å²) in [5.41, 5.74) is 0. The first kappa shape index (κ1) is 68.0. The van der Waals surface area contributed by atoms with Crippen molar-refractivity contribution in [3.05, 3.63) is 0 Å². The number of carbonyl (C=O) groups excluding carboxylic acids is 3. The number of carbonyl (C=O) groups is 3. The van der Waals surface area contributed by atoms with Crippen molar-refractivity contribution in [3.63, 3.8) is 0 Å². The van der Waals surface area contributed by atoms with E-state index in [0.717, 1.165) is 123 Å². The van der Waals surface area contributed by atoms with Gasteiger partial charge in [-0.05, 0) is 78.3 Å². The summed E-state index contributed by atoms with van der Waals surface area (Å²) in [6.07, 6.45) is 38.6. The number of hydrogen-bond donors (Lipinski definition) is 0. The van der Waals surface area contributed by atoms with Crippen molar-refractivity contribution in [1.82, 2.24) is 4.90 Å². The van der Waals surface area contributed by atoms with E-state index in [2.05, 4.69) is 27.7 Å². The molecule has 416 valence electrons. The second kappa shape index (κ2) is 54.8. The molecule has 0 aromatic carbocycles. The normalized spacial score (nSPS) is 12.1. The highest BCUT2D eigenvalue weighted by Gasteiger charge is 2.27. The molecular formula is C58H113NO11. The zero-order chi connectivity index (χ0) is 51.2. The zero-order valence-corrected chi connectivity index (χ0v) is 46.7. The summed E-state index contributed by atoms with van der Waals surface area (Å²) < 4.78 is 46.4. The lowest BCUT2D eigenvalue weighted by molar-refractivity contribution is -0.156. The van der Waals surface area contributed by atoms with Gasteiger partial charge in [-0.25, -0.2) is 9.59 Å². The molecule has 70 heavy (non-hydrogen) atoms. The van der Waals surface area contributed by atoms with Gasteiger partial charge in [-0.1, -0.05) is 195 Å². The van der Waals surface area contributed by atoms with Crippen LogP contribution in [-0.4, -0.2) is 109 Å². The Morgan fingerprint density at radius 1 is 0.357 bits per heavy atom. The predicted octanol–water partition coefficient (Wildman–Crippen LogP) is 15.8. The Bertz CT molecular complexity index is 1080. The van der Waals surface area contributed by atoms with Gasteiger partial charge in [-0.15, -0.1) is 0 Å². The lowest BCUT2D eigenvalue weighted by atomic mass is 10.1. The van der Waals surface area contributed by atoms with E-state index in [9.17, 15) is 14.4 Å². The smallest absolute Gasteiger partial charge is 0.466 e. The van der Waals surface area contributed by atoms with Crippen LogP contribution < -0.4 is 0 Å². The van der Waals surface area contributed by atoms with Crippen LogP contribution in [0.3, 0.4) is 0 Å². The highest BCUT2D eigenvalue weighted by molar-refractivity contribution is 5.78. The average molecular weight is 1000 g/mol. The summed E-state index contributed by atoms with van der Waals surface area (Å²) in [7, 11) is 3.74. The first-order valence-electron chi connectivity index (χ1n) is 29.5. The third kappa shape index (κ3) is 49.6. The molecule has 0 aliphatic heterocycles. The van der Waals surface area contributed by atoms with E-state index in [1.165, 1.54) is 128 Å². The van der Waals surface area contributed by atoms with Crippen molar-refractivity contribution >= 4 is 18.1 Å². The molecule has 12 heteroatoms. The maximum atomic E-state index is 13.1. The zero-order valence-electron chi connectivity index (χ0n) is 46.7. The molecule has 0 aliphatic rings. The van der Waals surface area contributed by atoms with Crippen molar-refractivity contribution in [1.29, 1.82) is 0 Å². The Morgan fingerprint density at radius 2 is 0.686 bits per heavy atom.